The van der Waals surface area contributed by atoms with E-state index in [1.807, 2.05) is 24.3 Å². The molecular formula is C21H27Cl2N3O2. The second-order valence-electron chi connectivity index (χ2n) is 6.74. The molecule has 1 saturated heterocycles. The van der Waals surface area contributed by atoms with Crippen molar-refractivity contribution in [1.82, 2.24) is 15.5 Å². The molecule has 1 aliphatic heterocycles. The predicted molar refractivity (Wildman–Crippen MR) is 115 cm³/mol. The Morgan fingerprint density at radius 3 is 2.54 bits per heavy atom. The summed E-state index contributed by atoms with van der Waals surface area (Å²) in [5, 5.41) is 8.06. The molecule has 1 fully saturated rings. The van der Waals surface area contributed by atoms with Crippen LogP contribution >= 0.6 is 23.2 Å². The summed E-state index contributed by atoms with van der Waals surface area (Å²) in [4.78, 5) is 2.47. The van der Waals surface area contributed by atoms with E-state index in [9.17, 15) is 0 Å². The monoisotopic (exact) mass is 423 g/mol. The van der Waals surface area contributed by atoms with Crippen molar-refractivity contribution in [3.8, 4) is 11.5 Å². The maximum Gasteiger partial charge on any atom is 0.161 e. The molecule has 0 saturated carbocycles. The molecule has 0 spiro atoms. The van der Waals surface area contributed by atoms with Gasteiger partial charge in [0.15, 0.2) is 11.5 Å². The maximum absolute atomic E-state index is 6.21. The van der Waals surface area contributed by atoms with Crippen LogP contribution in [0, 0.1) is 0 Å². The van der Waals surface area contributed by atoms with Crippen molar-refractivity contribution in [3.63, 3.8) is 0 Å². The van der Waals surface area contributed by atoms with Crippen LogP contribution in [0.4, 0.5) is 0 Å². The lowest BCUT2D eigenvalue weighted by Crippen LogP contribution is -2.45. The van der Waals surface area contributed by atoms with Crippen LogP contribution in [0.15, 0.2) is 36.4 Å². The Balaban J connectivity index is 1.51. The van der Waals surface area contributed by atoms with Crippen LogP contribution in [0.3, 0.4) is 0 Å². The van der Waals surface area contributed by atoms with E-state index in [0.29, 0.717) is 21.5 Å². The van der Waals surface area contributed by atoms with Crippen molar-refractivity contribution in [1.29, 1.82) is 0 Å². The third-order valence-electron chi connectivity index (χ3n) is 4.81. The summed E-state index contributed by atoms with van der Waals surface area (Å²) in [6.45, 7) is 7.52. The molecule has 0 amide bonds. The average molecular weight is 424 g/mol. The number of nitrogens with zero attached hydrogens (tertiary/aromatic N) is 1. The number of rotatable bonds is 9. The molecule has 0 atom stereocenters. The highest BCUT2D eigenvalue weighted by Gasteiger charge is 2.11. The number of methoxy groups -OCH3 is 1. The van der Waals surface area contributed by atoms with E-state index in [-0.39, 0.29) is 6.61 Å². The largest absolute Gasteiger partial charge is 0.493 e. The fourth-order valence-electron chi connectivity index (χ4n) is 3.17. The maximum atomic E-state index is 6.21. The summed E-state index contributed by atoms with van der Waals surface area (Å²) in [7, 11) is 1.65. The smallest absolute Gasteiger partial charge is 0.161 e. The molecule has 1 heterocycles. The molecule has 2 aromatic rings. The molecule has 152 valence electrons. The molecule has 1 aliphatic rings. The van der Waals surface area contributed by atoms with E-state index in [0.717, 1.165) is 56.9 Å². The predicted octanol–water partition coefficient (Wildman–Crippen LogP) is 3.58. The number of ether oxygens (including phenoxy) is 2. The van der Waals surface area contributed by atoms with E-state index in [2.05, 4.69) is 15.5 Å². The van der Waals surface area contributed by atoms with Crippen molar-refractivity contribution in [2.75, 3.05) is 46.4 Å². The lowest BCUT2D eigenvalue weighted by atomic mass is 10.2. The van der Waals surface area contributed by atoms with Gasteiger partial charge in [-0.05, 0) is 29.8 Å². The van der Waals surface area contributed by atoms with E-state index < -0.39 is 0 Å². The number of nitrogens with one attached hydrogen (secondary N) is 2. The number of hydrogen-bond donors (Lipinski definition) is 2. The zero-order chi connectivity index (χ0) is 19.8. The van der Waals surface area contributed by atoms with Crippen LogP contribution < -0.4 is 20.1 Å². The van der Waals surface area contributed by atoms with E-state index in [4.69, 9.17) is 32.7 Å². The molecule has 2 N–H and O–H groups in total. The lowest BCUT2D eigenvalue weighted by molar-refractivity contribution is 0.241. The van der Waals surface area contributed by atoms with Gasteiger partial charge in [-0.25, -0.2) is 0 Å². The summed E-state index contributed by atoms with van der Waals surface area (Å²) >= 11 is 12.4. The minimum Gasteiger partial charge on any atom is -0.493 e. The second-order valence-corrected chi connectivity index (χ2v) is 7.56. The number of hydrogen-bond acceptors (Lipinski definition) is 5. The van der Waals surface area contributed by atoms with Crippen molar-refractivity contribution in [2.45, 2.75) is 13.2 Å². The number of halogens is 2. The third kappa shape index (κ3) is 6.00. The minimum absolute atomic E-state index is 0.289. The average Bonchev–Trinajstić information content (AvgIpc) is 2.72. The summed E-state index contributed by atoms with van der Waals surface area (Å²) in [5.41, 5.74) is 1.92. The topological polar surface area (TPSA) is 45.8 Å². The standard InChI is InChI=1S/C21H27Cl2N3O2/c1-27-21-13-16(14-25-9-12-26-10-7-24-8-11-26)5-6-20(21)28-15-17-18(22)3-2-4-19(17)23/h2-6,13,24-25H,7-12,14-15H2,1H3. The van der Waals surface area contributed by atoms with Gasteiger partial charge in [-0.2, -0.15) is 0 Å². The Hall–Kier alpha value is -1.50. The van der Waals surface area contributed by atoms with Gasteiger partial charge in [-0.3, -0.25) is 4.90 Å². The fourth-order valence-corrected chi connectivity index (χ4v) is 3.67. The highest BCUT2D eigenvalue weighted by molar-refractivity contribution is 6.35. The summed E-state index contributed by atoms with van der Waals surface area (Å²) in [6.07, 6.45) is 0. The Morgan fingerprint density at radius 1 is 1.07 bits per heavy atom. The van der Waals surface area contributed by atoms with Gasteiger partial charge in [0, 0.05) is 61.4 Å². The van der Waals surface area contributed by atoms with Crippen molar-refractivity contribution in [2.24, 2.45) is 0 Å². The molecule has 5 nitrogen and oxygen atoms in total. The molecule has 3 rings (SSSR count). The minimum atomic E-state index is 0.289. The summed E-state index contributed by atoms with van der Waals surface area (Å²) in [5.74, 6) is 1.37. The Morgan fingerprint density at radius 2 is 1.82 bits per heavy atom. The highest BCUT2D eigenvalue weighted by atomic mass is 35.5. The highest BCUT2D eigenvalue weighted by Crippen LogP contribution is 2.31. The fraction of sp³-hybridized carbons (Fsp3) is 0.429. The van der Waals surface area contributed by atoms with Gasteiger partial charge in [0.2, 0.25) is 0 Å². The van der Waals surface area contributed by atoms with Gasteiger partial charge in [-0.15, -0.1) is 0 Å². The molecule has 28 heavy (non-hydrogen) atoms. The molecule has 7 heteroatoms. The first kappa shape index (κ1) is 21.2. The molecular weight excluding hydrogens is 397 g/mol. The van der Waals surface area contributed by atoms with Crippen LogP contribution in [-0.2, 0) is 13.2 Å². The van der Waals surface area contributed by atoms with Crippen LogP contribution in [0.2, 0.25) is 10.0 Å². The molecule has 2 aromatic carbocycles. The van der Waals surface area contributed by atoms with Crippen LogP contribution in [-0.4, -0.2) is 51.3 Å². The van der Waals surface area contributed by atoms with Crippen LogP contribution in [0.1, 0.15) is 11.1 Å². The quantitative estimate of drug-likeness (QED) is 0.603. The van der Waals surface area contributed by atoms with Gasteiger partial charge in [-0.1, -0.05) is 35.3 Å². The lowest BCUT2D eigenvalue weighted by Gasteiger charge is -2.27. The number of piperazine rings is 1. The van der Waals surface area contributed by atoms with Crippen molar-refractivity contribution >= 4 is 23.2 Å². The van der Waals surface area contributed by atoms with Crippen molar-refractivity contribution < 1.29 is 9.47 Å². The normalized spacial score (nSPS) is 14.8. The Labute approximate surface area is 176 Å². The summed E-state index contributed by atoms with van der Waals surface area (Å²) < 4.78 is 11.4. The zero-order valence-electron chi connectivity index (χ0n) is 16.1. The third-order valence-corrected chi connectivity index (χ3v) is 5.51. The van der Waals surface area contributed by atoms with Crippen LogP contribution in [0.25, 0.3) is 0 Å². The molecule has 0 aliphatic carbocycles. The molecule has 0 radical (unpaired) electrons. The Kier molecular flexibility index (Phi) is 8.25. The molecule has 0 aromatic heterocycles. The SMILES string of the molecule is COc1cc(CNCCN2CCNCC2)ccc1OCc1c(Cl)cccc1Cl. The summed E-state index contributed by atoms with van der Waals surface area (Å²) in [6, 6.07) is 11.4. The Bertz CT molecular complexity index is 747. The van der Waals surface area contributed by atoms with Crippen molar-refractivity contribution in [3.05, 3.63) is 57.6 Å². The number of benzene rings is 2. The van der Waals surface area contributed by atoms with Crippen LogP contribution in [0.5, 0.6) is 11.5 Å². The van der Waals surface area contributed by atoms with E-state index >= 15 is 0 Å². The van der Waals surface area contributed by atoms with E-state index in [1.54, 1.807) is 19.2 Å². The molecule has 0 bridgehead atoms. The van der Waals surface area contributed by atoms with Gasteiger partial charge < -0.3 is 20.1 Å². The van der Waals surface area contributed by atoms with Gasteiger partial charge >= 0.3 is 0 Å². The van der Waals surface area contributed by atoms with E-state index in [1.165, 1.54) is 0 Å². The first-order valence-corrected chi connectivity index (χ1v) is 10.3. The zero-order valence-corrected chi connectivity index (χ0v) is 17.7. The molecule has 0 unspecified atom stereocenters. The first-order valence-electron chi connectivity index (χ1n) is 9.54. The van der Waals surface area contributed by atoms with Gasteiger partial charge in [0.05, 0.1) is 7.11 Å². The first-order chi connectivity index (χ1) is 13.7. The van der Waals surface area contributed by atoms with Gasteiger partial charge in [0.25, 0.3) is 0 Å². The van der Waals surface area contributed by atoms with Gasteiger partial charge in [0.1, 0.15) is 6.61 Å². The second kappa shape index (κ2) is 10.9.